The van der Waals surface area contributed by atoms with Crippen LogP contribution in [0.4, 0.5) is 10.1 Å². The number of ether oxygens (including phenoxy) is 2. The number of rotatable bonds is 6. The molecule has 0 saturated carbocycles. The van der Waals surface area contributed by atoms with Crippen LogP contribution in [-0.4, -0.2) is 24.4 Å². The van der Waals surface area contributed by atoms with Crippen LogP contribution in [0.2, 0.25) is 0 Å². The minimum absolute atomic E-state index is 0.249. The fourth-order valence-corrected chi connectivity index (χ4v) is 2.73. The van der Waals surface area contributed by atoms with Gasteiger partial charge in [0, 0.05) is 5.69 Å². The highest BCUT2D eigenvalue weighted by Gasteiger charge is 2.12. The molecule has 0 aliphatic rings. The molecule has 8 heteroatoms. The normalized spacial score (nSPS) is 10.5. The van der Waals surface area contributed by atoms with Crippen molar-refractivity contribution in [3.05, 3.63) is 89.2 Å². The van der Waals surface area contributed by atoms with Crippen molar-refractivity contribution in [3.63, 3.8) is 0 Å². The maximum absolute atomic E-state index is 12.9. The molecule has 3 rings (SSSR count). The van der Waals surface area contributed by atoms with E-state index in [-0.39, 0.29) is 10.9 Å². The molecular weight excluding hydrogens is 417 g/mol. The van der Waals surface area contributed by atoms with Gasteiger partial charge in [-0.3, -0.25) is 5.43 Å². The summed E-state index contributed by atoms with van der Waals surface area (Å²) in [5.41, 5.74) is 5.51. The lowest BCUT2D eigenvalue weighted by molar-refractivity contribution is 0.0729. The third kappa shape index (κ3) is 6.35. The number of methoxy groups -OCH3 is 1. The van der Waals surface area contributed by atoms with E-state index in [0.717, 1.165) is 5.56 Å². The molecule has 0 heterocycles. The topological polar surface area (TPSA) is 71.9 Å². The van der Waals surface area contributed by atoms with Crippen molar-refractivity contribution >= 4 is 35.2 Å². The van der Waals surface area contributed by atoms with Gasteiger partial charge in [-0.25, -0.2) is 9.18 Å². The molecule has 0 unspecified atom stereocenters. The second-order valence-electron chi connectivity index (χ2n) is 6.50. The monoisotopic (exact) mass is 437 g/mol. The zero-order valence-corrected chi connectivity index (χ0v) is 17.7. The van der Waals surface area contributed by atoms with Crippen LogP contribution in [0.25, 0.3) is 0 Å². The number of esters is 1. The van der Waals surface area contributed by atoms with E-state index in [1.165, 1.54) is 25.5 Å². The first kappa shape index (κ1) is 21.9. The number of hydrazone groups is 1. The molecule has 0 atom stereocenters. The largest absolute Gasteiger partial charge is 0.493 e. The summed E-state index contributed by atoms with van der Waals surface area (Å²) in [4.78, 5) is 12.3. The Morgan fingerprint density at radius 1 is 1.03 bits per heavy atom. The zero-order valence-electron chi connectivity index (χ0n) is 16.9. The van der Waals surface area contributed by atoms with E-state index in [2.05, 4.69) is 15.8 Å². The Morgan fingerprint density at radius 3 is 2.42 bits per heavy atom. The van der Waals surface area contributed by atoms with Crippen molar-refractivity contribution < 1.29 is 18.7 Å². The van der Waals surface area contributed by atoms with Crippen molar-refractivity contribution in [3.8, 4) is 11.5 Å². The number of carbonyl (C=O) groups is 1. The van der Waals surface area contributed by atoms with Crippen molar-refractivity contribution in [1.29, 1.82) is 0 Å². The number of thiocarbonyl (C=S) groups is 1. The Balaban J connectivity index is 1.61. The Bertz CT molecular complexity index is 1100. The summed E-state index contributed by atoms with van der Waals surface area (Å²) in [6, 6.07) is 17.9. The van der Waals surface area contributed by atoms with Crippen LogP contribution in [0.3, 0.4) is 0 Å². The molecule has 0 bridgehead atoms. The van der Waals surface area contributed by atoms with Gasteiger partial charge >= 0.3 is 5.97 Å². The number of hydrogen-bond donors (Lipinski definition) is 2. The Hall–Kier alpha value is -3.78. The van der Waals surface area contributed by atoms with Crippen LogP contribution in [0, 0.1) is 12.7 Å². The first-order valence-corrected chi connectivity index (χ1v) is 9.68. The second kappa shape index (κ2) is 10.3. The van der Waals surface area contributed by atoms with Gasteiger partial charge in [0.1, 0.15) is 5.82 Å². The summed E-state index contributed by atoms with van der Waals surface area (Å²) in [6.45, 7) is 1.94. The van der Waals surface area contributed by atoms with Gasteiger partial charge in [0.25, 0.3) is 0 Å². The summed E-state index contributed by atoms with van der Waals surface area (Å²) in [5, 5.41) is 7.19. The molecule has 3 aromatic carbocycles. The van der Waals surface area contributed by atoms with E-state index in [1.54, 1.807) is 42.5 Å². The third-order valence-corrected chi connectivity index (χ3v) is 4.35. The highest BCUT2D eigenvalue weighted by molar-refractivity contribution is 7.80. The summed E-state index contributed by atoms with van der Waals surface area (Å²) < 4.78 is 23.7. The number of anilines is 1. The third-order valence-electron chi connectivity index (χ3n) is 4.16. The van der Waals surface area contributed by atoms with E-state index in [9.17, 15) is 9.18 Å². The average molecular weight is 437 g/mol. The van der Waals surface area contributed by atoms with Crippen LogP contribution in [0.15, 0.2) is 71.8 Å². The number of aryl methyl sites for hydroxylation is 1. The van der Waals surface area contributed by atoms with Gasteiger partial charge in [-0.15, -0.1) is 0 Å². The lowest BCUT2D eigenvalue weighted by Gasteiger charge is -2.10. The Morgan fingerprint density at radius 2 is 1.74 bits per heavy atom. The predicted molar refractivity (Wildman–Crippen MR) is 122 cm³/mol. The molecule has 158 valence electrons. The molecular formula is C23H20FN3O3S. The molecule has 6 nitrogen and oxygen atoms in total. The van der Waals surface area contributed by atoms with Gasteiger partial charge in [0.05, 0.1) is 18.9 Å². The van der Waals surface area contributed by atoms with Crippen LogP contribution < -0.4 is 20.2 Å². The fourth-order valence-electron chi connectivity index (χ4n) is 2.55. The van der Waals surface area contributed by atoms with Gasteiger partial charge in [-0.05, 0) is 79.3 Å². The lowest BCUT2D eigenvalue weighted by atomic mass is 10.1. The van der Waals surface area contributed by atoms with Gasteiger partial charge in [0.2, 0.25) is 0 Å². The molecule has 3 aromatic rings. The first-order valence-electron chi connectivity index (χ1n) is 9.27. The predicted octanol–water partition coefficient (Wildman–Crippen LogP) is 4.68. The van der Waals surface area contributed by atoms with E-state index in [4.69, 9.17) is 21.7 Å². The molecule has 0 amide bonds. The van der Waals surface area contributed by atoms with E-state index >= 15 is 0 Å². The summed E-state index contributed by atoms with van der Waals surface area (Å²) >= 11 is 5.14. The molecule has 0 saturated heterocycles. The maximum Gasteiger partial charge on any atom is 0.343 e. The maximum atomic E-state index is 12.9. The van der Waals surface area contributed by atoms with E-state index in [0.29, 0.717) is 28.3 Å². The highest BCUT2D eigenvalue weighted by Crippen LogP contribution is 2.28. The smallest absolute Gasteiger partial charge is 0.343 e. The molecule has 0 aliphatic heterocycles. The number of hydrogen-bond acceptors (Lipinski definition) is 5. The lowest BCUT2D eigenvalue weighted by Crippen LogP contribution is -2.23. The quantitative estimate of drug-likeness (QED) is 0.192. The molecule has 31 heavy (non-hydrogen) atoms. The average Bonchev–Trinajstić information content (AvgIpc) is 2.76. The number of nitrogens with one attached hydrogen (secondary N) is 2. The van der Waals surface area contributed by atoms with Crippen molar-refractivity contribution in [2.24, 2.45) is 5.10 Å². The number of halogens is 1. The molecule has 0 aromatic heterocycles. The molecule has 0 spiro atoms. The Labute approximate surface area is 184 Å². The second-order valence-corrected chi connectivity index (χ2v) is 6.91. The van der Waals surface area contributed by atoms with Crippen LogP contribution in [-0.2, 0) is 0 Å². The van der Waals surface area contributed by atoms with E-state index < -0.39 is 5.97 Å². The Kier molecular flexibility index (Phi) is 7.29. The van der Waals surface area contributed by atoms with Gasteiger partial charge in [0.15, 0.2) is 16.6 Å². The van der Waals surface area contributed by atoms with Crippen molar-refractivity contribution in [2.45, 2.75) is 6.92 Å². The number of benzene rings is 3. The SMILES string of the molecule is COc1cc(/C=N\NC(=S)Nc2ccc(F)cc2)ccc1OC(=O)c1ccc(C)cc1. The van der Waals surface area contributed by atoms with Crippen LogP contribution >= 0.6 is 12.2 Å². The summed E-state index contributed by atoms with van der Waals surface area (Å²) in [5.74, 6) is -0.119. The van der Waals surface area contributed by atoms with Crippen molar-refractivity contribution in [2.75, 3.05) is 12.4 Å². The van der Waals surface area contributed by atoms with E-state index in [1.807, 2.05) is 19.1 Å². The van der Waals surface area contributed by atoms with Gasteiger partial charge < -0.3 is 14.8 Å². The van der Waals surface area contributed by atoms with Gasteiger partial charge in [-0.1, -0.05) is 17.7 Å². The minimum Gasteiger partial charge on any atom is -0.493 e. The number of nitrogens with zero attached hydrogens (tertiary/aromatic N) is 1. The standard InChI is InChI=1S/C23H20FN3O3S/c1-15-3-6-17(7-4-15)22(28)30-20-12-5-16(13-21(20)29-2)14-25-27-23(31)26-19-10-8-18(24)9-11-19/h3-14H,1-2H3,(H2,26,27,31)/b25-14-. The molecule has 2 N–H and O–H groups in total. The molecule has 0 radical (unpaired) electrons. The number of carbonyl (C=O) groups excluding carboxylic acids is 1. The van der Waals surface area contributed by atoms with Crippen LogP contribution in [0.1, 0.15) is 21.5 Å². The molecule has 0 fully saturated rings. The summed E-state index contributed by atoms with van der Waals surface area (Å²) in [7, 11) is 1.49. The highest BCUT2D eigenvalue weighted by atomic mass is 32.1. The van der Waals surface area contributed by atoms with Gasteiger partial charge in [-0.2, -0.15) is 5.10 Å². The van der Waals surface area contributed by atoms with Crippen molar-refractivity contribution in [1.82, 2.24) is 5.43 Å². The van der Waals surface area contributed by atoms with Crippen LogP contribution in [0.5, 0.6) is 11.5 Å². The minimum atomic E-state index is -0.474. The first-order chi connectivity index (χ1) is 14.9. The molecule has 0 aliphatic carbocycles. The fraction of sp³-hybridized carbons (Fsp3) is 0.0870. The zero-order chi connectivity index (χ0) is 22.2. The summed E-state index contributed by atoms with van der Waals surface area (Å²) in [6.07, 6.45) is 1.53.